The minimum absolute atomic E-state index is 0.192. The number of amides is 1. The van der Waals surface area contributed by atoms with Crippen molar-refractivity contribution in [3.8, 4) is 0 Å². The van der Waals surface area contributed by atoms with Gasteiger partial charge in [0, 0.05) is 19.7 Å². The lowest BCUT2D eigenvalue weighted by atomic mass is 9.96. The molecule has 1 heterocycles. The molecule has 3 heteroatoms. The SMILES string of the molecule is CO[C@@H](C)C(=O)N1CCC[C@@H]1C1CCCC1. The van der Waals surface area contributed by atoms with E-state index in [9.17, 15) is 4.79 Å². The Kier molecular flexibility index (Phi) is 3.85. The van der Waals surface area contributed by atoms with Crippen LogP contribution in [0.5, 0.6) is 0 Å². The first-order chi connectivity index (χ1) is 7.74. The van der Waals surface area contributed by atoms with Crippen molar-refractivity contribution in [2.45, 2.75) is 57.6 Å². The van der Waals surface area contributed by atoms with Gasteiger partial charge in [-0.15, -0.1) is 0 Å². The number of ether oxygens (including phenoxy) is 1. The summed E-state index contributed by atoms with van der Waals surface area (Å²) in [5.74, 6) is 0.951. The first-order valence-corrected chi connectivity index (χ1v) is 6.57. The van der Waals surface area contributed by atoms with Crippen LogP contribution < -0.4 is 0 Å². The lowest BCUT2D eigenvalue weighted by molar-refractivity contribution is -0.142. The Hall–Kier alpha value is -0.570. The van der Waals surface area contributed by atoms with Crippen LogP contribution in [0.3, 0.4) is 0 Å². The molecular formula is C13H23NO2. The fraction of sp³-hybridized carbons (Fsp3) is 0.923. The van der Waals surface area contributed by atoms with Crippen LogP contribution in [0.25, 0.3) is 0 Å². The van der Waals surface area contributed by atoms with Gasteiger partial charge in [0.15, 0.2) is 0 Å². The van der Waals surface area contributed by atoms with Crippen molar-refractivity contribution in [1.29, 1.82) is 0 Å². The zero-order valence-electron chi connectivity index (χ0n) is 10.4. The number of hydrogen-bond acceptors (Lipinski definition) is 2. The molecule has 0 unspecified atom stereocenters. The van der Waals surface area contributed by atoms with Gasteiger partial charge in [0.05, 0.1) is 0 Å². The Morgan fingerprint density at radius 1 is 1.25 bits per heavy atom. The standard InChI is InChI=1S/C13H23NO2/c1-10(16-2)13(15)14-9-5-8-12(14)11-6-3-4-7-11/h10-12H,3-9H2,1-2H3/t10-,12+/m0/s1. The summed E-state index contributed by atoms with van der Waals surface area (Å²) in [5.41, 5.74) is 0. The summed E-state index contributed by atoms with van der Waals surface area (Å²) in [6.07, 6.45) is 7.43. The maximum atomic E-state index is 12.1. The lowest BCUT2D eigenvalue weighted by Crippen LogP contribution is -2.44. The number of hydrogen-bond donors (Lipinski definition) is 0. The van der Waals surface area contributed by atoms with Crippen LogP contribution in [0.4, 0.5) is 0 Å². The Labute approximate surface area is 98.1 Å². The van der Waals surface area contributed by atoms with Gasteiger partial charge in [0.25, 0.3) is 5.91 Å². The molecule has 1 aliphatic heterocycles. The number of methoxy groups -OCH3 is 1. The van der Waals surface area contributed by atoms with Crippen molar-refractivity contribution < 1.29 is 9.53 Å². The second-order valence-electron chi connectivity index (χ2n) is 5.16. The minimum atomic E-state index is -0.276. The van der Waals surface area contributed by atoms with Gasteiger partial charge in [0.1, 0.15) is 6.10 Å². The molecule has 0 aromatic heterocycles. The Morgan fingerprint density at radius 3 is 2.56 bits per heavy atom. The van der Waals surface area contributed by atoms with E-state index in [1.54, 1.807) is 7.11 Å². The summed E-state index contributed by atoms with van der Waals surface area (Å²) in [6, 6.07) is 0.507. The van der Waals surface area contributed by atoms with Gasteiger partial charge in [-0.05, 0) is 38.5 Å². The highest BCUT2D eigenvalue weighted by molar-refractivity contribution is 5.81. The molecule has 16 heavy (non-hydrogen) atoms. The number of rotatable bonds is 3. The molecule has 0 N–H and O–H groups in total. The van der Waals surface area contributed by atoms with E-state index >= 15 is 0 Å². The van der Waals surface area contributed by atoms with Crippen LogP contribution in [-0.4, -0.2) is 36.6 Å². The average molecular weight is 225 g/mol. The Balaban J connectivity index is 1.99. The van der Waals surface area contributed by atoms with E-state index in [-0.39, 0.29) is 12.0 Å². The molecule has 2 aliphatic rings. The molecule has 3 nitrogen and oxygen atoms in total. The topological polar surface area (TPSA) is 29.5 Å². The Bertz CT molecular complexity index is 248. The van der Waals surface area contributed by atoms with Crippen LogP contribution in [-0.2, 0) is 9.53 Å². The molecule has 0 aromatic rings. The number of likely N-dealkylation sites (tertiary alicyclic amines) is 1. The predicted molar refractivity (Wildman–Crippen MR) is 63.2 cm³/mol. The molecule has 0 bridgehead atoms. The summed E-state index contributed by atoms with van der Waals surface area (Å²) in [5, 5.41) is 0. The third-order valence-electron chi connectivity index (χ3n) is 4.23. The van der Waals surface area contributed by atoms with Crippen molar-refractivity contribution >= 4 is 5.91 Å². The molecular weight excluding hydrogens is 202 g/mol. The van der Waals surface area contributed by atoms with E-state index < -0.39 is 0 Å². The van der Waals surface area contributed by atoms with Crippen molar-refractivity contribution in [1.82, 2.24) is 4.90 Å². The summed E-state index contributed by atoms with van der Waals surface area (Å²) < 4.78 is 5.14. The second kappa shape index (κ2) is 5.17. The zero-order chi connectivity index (χ0) is 11.5. The van der Waals surface area contributed by atoms with Gasteiger partial charge in [-0.1, -0.05) is 12.8 Å². The first-order valence-electron chi connectivity index (χ1n) is 6.57. The fourth-order valence-corrected chi connectivity index (χ4v) is 3.23. The van der Waals surface area contributed by atoms with Crippen LogP contribution >= 0.6 is 0 Å². The summed E-state index contributed by atoms with van der Waals surface area (Å²) in [6.45, 7) is 2.79. The molecule has 1 saturated heterocycles. The maximum absolute atomic E-state index is 12.1. The second-order valence-corrected chi connectivity index (χ2v) is 5.16. The highest BCUT2D eigenvalue weighted by Crippen LogP contribution is 2.35. The third kappa shape index (κ3) is 2.24. The molecule has 0 radical (unpaired) electrons. The molecule has 2 fully saturated rings. The van der Waals surface area contributed by atoms with E-state index in [0.717, 1.165) is 12.5 Å². The molecule has 2 rings (SSSR count). The normalized spacial score (nSPS) is 28.6. The van der Waals surface area contributed by atoms with Gasteiger partial charge >= 0.3 is 0 Å². The van der Waals surface area contributed by atoms with Gasteiger partial charge in [-0.25, -0.2) is 0 Å². The monoisotopic (exact) mass is 225 g/mol. The highest BCUT2D eigenvalue weighted by atomic mass is 16.5. The van der Waals surface area contributed by atoms with E-state index in [1.165, 1.54) is 38.5 Å². The molecule has 1 amide bonds. The molecule has 1 saturated carbocycles. The fourth-order valence-electron chi connectivity index (χ4n) is 3.23. The van der Waals surface area contributed by atoms with Gasteiger partial charge in [-0.3, -0.25) is 4.79 Å². The van der Waals surface area contributed by atoms with Crippen molar-refractivity contribution in [2.24, 2.45) is 5.92 Å². The summed E-state index contributed by atoms with van der Waals surface area (Å²) >= 11 is 0. The van der Waals surface area contributed by atoms with Crippen LogP contribution in [0.2, 0.25) is 0 Å². The van der Waals surface area contributed by atoms with Crippen molar-refractivity contribution in [3.63, 3.8) is 0 Å². The zero-order valence-corrected chi connectivity index (χ0v) is 10.4. The average Bonchev–Trinajstić information content (AvgIpc) is 2.95. The maximum Gasteiger partial charge on any atom is 0.251 e. The molecule has 0 aromatic carbocycles. The van der Waals surface area contributed by atoms with Gasteiger partial charge in [0.2, 0.25) is 0 Å². The number of carbonyl (C=O) groups excluding carboxylic acids is 1. The van der Waals surface area contributed by atoms with Gasteiger partial charge in [-0.2, -0.15) is 0 Å². The Morgan fingerprint density at radius 2 is 1.94 bits per heavy atom. The van der Waals surface area contributed by atoms with Crippen molar-refractivity contribution in [2.75, 3.05) is 13.7 Å². The molecule has 0 spiro atoms. The largest absolute Gasteiger partial charge is 0.372 e. The number of nitrogens with zero attached hydrogens (tertiary/aromatic N) is 1. The predicted octanol–water partition coefficient (Wildman–Crippen LogP) is 2.20. The van der Waals surface area contributed by atoms with Gasteiger partial charge < -0.3 is 9.64 Å². The highest BCUT2D eigenvalue weighted by Gasteiger charge is 2.37. The van der Waals surface area contributed by atoms with E-state index in [1.807, 2.05) is 6.92 Å². The molecule has 2 atom stereocenters. The first kappa shape index (κ1) is 11.9. The van der Waals surface area contributed by atoms with Crippen LogP contribution in [0.15, 0.2) is 0 Å². The summed E-state index contributed by atoms with van der Waals surface area (Å²) in [4.78, 5) is 14.2. The summed E-state index contributed by atoms with van der Waals surface area (Å²) in [7, 11) is 1.61. The number of carbonyl (C=O) groups is 1. The van der Waals surface area contributed by atoms with Crippen LogP contribution in [0.1, 0.15) is 45.4 Å². The van der Waals surface area contributed by atoms with E-state index in [0.29, 0.717) is 6.04 Å². The van der Waals surface area contributed by atoms with Crippen LogP contribution in [0, 0.1) is 5.92 Å². The quantitative estimate of drug-likeness (QED) is 0.737. The smallest absolute Gasteiger partial charge is 0.251 e. The lowest BCUT2D eigenvalue weighted by Gasteiger charge is -2.31. The van der Waals surface area contributed by atoms with Crippen molar-refractivity contribution in [3.05, 3.63) is 0 Å². The molecule has 92 valence electrons. The minimum Gasteiger partial charge on any atom is -0.372 e. The third-order valence-corrected chi connectivity index (χ3v) is 4.23. The molecule has 1 aliphatic carbocycles. The van der Waals surface area contributed by atoms with E-state index in [2.05, 4.69) is 4.90 Å². The van der Waals surface area contributed by atoms with E-state index in [4.69, 9.17) is 4.74 Å².